The van der Waals surface area contributed by atoms with Crippen LogP contribution in [0.4, 0.5) is 0 Å². The first-order chi connectivity index (χ1) is 6.62. The summed E-state index contributed by atoms with van der Waals surface area (Å²) in [5.74, 6) is 0.332. The summed E-state index contributed by atoms with van der Waals surface area (Å²) >= 11 is 0. The molecule has 0 amide bonds. The molecule has 0 aromatic heterocycles. The molecule has 0 saturated heterocycles. The van der Waals surface area contributed by atoms with Gasteiger partial charge in [-0.1, -0.05) is 26.0 Å². The van der Waals surface area contributed by atoms with Gasteiger partial charge in [-0.2, -0.15) is 0 Å². The van der Waals surface area contributed by atoms with E-state index in [-0.39, 0.29) is 12.1 Å². The minimum Gasteiger partial charge on any atom is -0.395 e. The van der Waals surface area contributed by atoms with E-state index in [0.717, 1.165) is 12.1 Å². The number of hydrogen-bond donors (Lipinski definition) is 3. The molecule has 1 aliphatic rings. The van der Waals surface area contributed by atoms with E-state index in [0.29, 0.717) is 12.5 Å². The highest BCUT2D eigenvalue weighted by atomic mass is 16.3. The molecule has 2 unspecified atom stereocenters. The lowest BCUT2D eigenvalue weighted by Gasteiger charge is -2.33. The van der Waals surface area contributed by atoms with Gasteiger partial charge in [-0.15, -0.1) is 0 Å². The zero-order valence-corrected chi connectivity index (χ0v) is 8.96. The van der Waals surface area contributed by atoms with Gasteiger partial charge in [0.15, 0.2) is 0 Å². The quantitative estimate of drug-likeness (QED) is 0.622. The highest BCUT2D eigenvalue weighted by Gasteiger charge is 2.28. The van der Waals surface area contributed by atoms with Crippen LogP contribution >= 0.6 is 0 Å². The molecule has 3 nitrogen and oxygen atoms in total. The Morgan fingerprint density at radius 1 is 1.64 bits per heavy atom. The van der Waals surface area contributed by atoms with Crippen LogP contribution in [0.15, 0.2) is 23.9 Å². The van der Waals surface area contributed by atoms with Gasteiger partial charge in [0, 0.05) is 17.8 Å². The Balaban J connectivity index is 2.62. The molecule has 0 saturated carbocycles. The molecule has 0 aromatic carbocycles. The van der Waals surface area contributed by atoms with Crippen molar-refractivity contribution in [2.24, 2.45) is 11.7 Å². The summed E-state index contributed by atoms with van der Waals surface area (Å²) < 4.78 is 0. The van der Waals surface area contributed by atoms with Crippen molar-refractivity contribution in [3.63, 3.8) is 0 Å². The number of aliphatic hydroxyl groups excluding tert-OH is 1. The van der Waals surface area contributed by atoms with Crippen molar-refractivity contribution in [3.8, 4) is 0 Å². The molecule has 0 aromatic rings. The van der Waals surface area contributed by atoms with E-state index in [1.165, 1.54) is 0 Å². The fourth-order valence-corrected chi connectivity index (χ4v) is 1.63. The zero-order valence-electron chi connectivity index (χ0n) is 8.96. The Bertz CT molecular complexity index is 248. The lowest BCUT2D eigenvalue weighted by molar-refractivity contribution is 0.297. The van der Waals surface area contributed by atoms with Crippen LogP contribution in [-0.4, -0.2) is 23.8 Å². The normalized spacial score (nSPS) is 31.4. The van der Waals surface area contributed by atoms with Gasteiger partial charge in [0.25, 0.3) is 0 Å². The third kappa shape index (κ3) is 2.36. The molecule has 0 heterocycles. The first-order valence-corrected chi connectivity index (χ1v) is 5.17. The Kier molecular flexibility index (Phi) is 3.72. The van der Waals surface area contributed by atoms with E-state index in [4.69, 9.17) is 10.8 Å². The van der Waals surface area contributed by atoms with Crippen LogP contribution in [0.25, 0.3) is 0 Å². The first-order valence-electron chi connectivity index (χ1n) is 5.17. The summed E-state index contributed by atoms with van der Waals surface area (Å²) in [6.45, 7) is 4.96. The highest BCUT2D eigenvalue weighted by Crippen LogP contribution is 2.26. The molecule has 0 aliphatic heterocycles. The van der Waals surface area contributed by atoms with E-state index in [2.05, 4.69) is 31.3 Å². The lowest BCUT2D eigenvalue weighted by Crippen LogP contribution is -2.44. The molecular formula is C11H20N2O. The second kappa shape index (κ2) is 4.62. The topological polar surface area (TPSA) is 58.3 Å². The third-order valence-electron chi connectivity index (χ3n) is 2.90. The predicted molar refractivity (Wildman–Crippen MR) is 58.7 cm³/mol. The Morgan fingerprint density at radius 2 is 2.36 bits per heavy atom. The van der Waals surface area contributed by atoms with Crippen molar-refractivity contribution in [1.82, 2.24) is 5.32 Å². The van der Waals surface area contributed by atoms with Gasteiger partial charge in [-0.25, -0.2) is 0 Å². The second-order valence-electron chi connectivity index (χ2n) is 3.86. The SMILES string of the molecule is CCC1(N)C=CC(NCCO)=CC1C. The summed E-state index contributed by atoms with van der Waals surface area (Å²) in [5, 5.41) is 11.8. The second-order valence-corrected chi connectivity index (χ2v) is 3.86. The largest absolute Gasteiger partial charge is 0.395 e. The number of hydrogen-bond acceptors (Lipinski definition) is 3. The number of aliphatic hydroxyl groups is 1. The van der Waals surface area contributed by atoms with Crippen LogP contribution < -0.4 is 11.1 Å². The summed E-state index contributed by atoms with van der Waals surface area (Å²) in [4.78, 5) is 0. The standard InChI is InChI=1S/C11H20N2O/c1-3-11(12)5-4-10(8-9(11)2)13-6-7-14/h4-5,8-9,13-14H,3,6-7,12H2,1-2H3. The molecule has 1 aliphatic carbocycles. The zero-order chi connectivity index (χ0) is 10.6. The maximum atomic E-state index is 8.67. The van der Waals surface area contributed by atoms with Crippen molar-refractivity contribution in [2.75, 3.05) is 13.2 Å². The molecule has 4 N–H and O–H groups in total. The first kappa shape index (κ1) is 11.3. The lowest BCUT2D eigenvalue weighted by atomic mass is 9.80. The molecule has 0 radical (unpaired) electrons. The van der Waals surface area contributed by atoms with Crippen molar-refractivity contribution >= 4 is 0 Å². The molecule has 0 fully saturated rings. The van der Waals surface area contributed by atoms with Crippen LogP contribution in [0.1, 0.15) is 20.3 Å². The predicted octanol–water partition coefficient (Wildman–Crippen LogP) is 0.766. The van der Waals surface area contributed by atoms with Gasteiger partial charge in [0.05, 0.1) is 6.61 Å². The van der Waals surface area contributed by atoms with Crippen molar-refractivity contribution < 1.29 is 5.11 Å². The summed E-state index contributed by atoms with van der Waals surface area (Å²) in [7, 11) is 0. The Labute approximate surface area is 85.7 Å². The fraction of sp³-hybridized carbons (Fsp3) is 0.636. The van der Waals surface area contributed by atoms with E-state index >= 15 is 0 Å². The van der Waals surface area contributed by atoms with Gasteiger partial charge in [-0.3, -0.25) is 0 Å². The average Bonchev–Trinajstić information content (AvgIpc) is 2.20. The number of rotatable bonds is 4. The maximum absolute atomic E-state index is 8.67. The molecule has 0 spiro atoms. The molecular weight excluding hydrogens is 176 g/mol. The van der Waals surface area contributed by atoms with E-state index < -0.39 is 0 Å². The van der Waals surface area contributed by atoms with Crippen molar-refractivity contribution in [1.29, 1.82) is 0 Å². The van der Waals surface area contributed by atoms with Gasteiger partial charge in [-0.05, 0) is 18.4 Å². The Morgan fingerprint density at radius 3 is 2.86 bits per heavy atom. The molecule has 14 heavy (non-hydrogen) atoms. The van der Waals surface area contributed by atoms with Crippen LogP contribution in [-0.2, 0) is 0 Å². The number of allylic oxidation sites excluding steroid dienone is 1. The summed E-state index contributed by atoms with van der Waals surface area (Å²) in [6, 6.07) is 0. The van der Waals surface area contributed by atoms with Gasteiger partial charge < -0.3 is 16.2 Å². The highest BCUT2D eigenvalue weighted by molar-refractivity contribution is 5.29. The van der Waals surface area contributed by atoms with Crippen LogP contribution in [0.5, 0.6) is 0 Å². The Hall–Kier alpha value is -0.800. The summed E-state index contributed by atoms with van der Waals surface area (Å²) in [6.07, 6.45) is 7.12. The van der Waals surface area contributed by atoms with Crippen LogP contribution in [0, 0.1) is 5.92 Å². The molecule has 1 rings (SSSR count). The van der Waals surface area contributed by atoms with Crippen molar-refractivity contribution in [2.45, 2.75) is 25.8 Å². The minimum atomic E-state index is -0.204. The monoisotopic (exact) mass is 196 g/mol. The van der Waals surface area contributed by atoms with Crippen LogP contribution in [0.2, 0.25) is 0 Å². The van der Waals surface area contributed by atoms with E-state index in [9.17, 15) is 0 Å². The molecule has 2 atom stereocenters. The van der Waals surface area contributed by atoms with Crippen LogP contribution in [0.3, 0.4) is 0 Å². The van der Waals surface area contributed by atoms with Gasteiger partial charge in [0.2, 0.25) is 0 Å². The molecule has 80 valence electrons. The van der Waals surface area contributed by atoms with Gasteiger partial charge >= 0.3 is 0 Å². The summed E-state index contributed by atoms with van der Waals surface area (Å²) in [5.41, 5.74) is 7.04. The van der Waals surface area contributed by atoms with Crippen molar-refractivity contribution in [3.05, 3.63) is 23.9 Å². The van der Waals surface area contributed by atoms with E-state index in [1.54, 1.807) is 0 Å². The molecule has 3 heteroatoms. The minimum absolute atomic E-state index is 0.154. The maximum Gasteiger partial charge on any atom is 0.0604 e. The molecule has 0 bridgehead atoms. The average molecular weight is 196 g/mol. The fourth-order valence-electron chi connectivity index (χ4n) is 1.63. The number of nitrogens with two attached hydrogens (primary N) is 1. The van der Waals surface area contributed by atoms with Gasteiger partial charge in [0.1, 0.15) is 0 Å². The smallest absolute Gasteiger partial charge is 0.0604 e. The third-order valence-corrected chi connectivity index (χ3v) is 2.90. The number of nitrogens with one attached hydrogen (secondary N) is 1. The van der Waals surface area contributed by atoms with E-state index in [1.807, 2.05) is 6.08 Å².